The van der Waals surface area contributed by atoms with Crippen LogP contribution < -0.4 is 10.6 Å². The molecule has 0 aromatic carbocycles. The number of hydrogen-bond donors (Lipinski definition) is 2. The van der Waals surface area contributed by atoms with Crippen molar-refractivity contribution >= 4 is 11.9 Å². The Hall–Kier alpha value is -1.10. The molecule has 112 valence electrons. The van der Waals surface area contributed by atoms with Crippen LogP contribution in [-0.4, -0.2) is 36.6 Å². The van der Waals surface area contributed by atoms with Crippen LogP contribution >= 0.6 is 0 Å². The largest absolute Gasteiger partial charge is 0.468 e. The lowest BCUT2D eigenvalue weighted by atomic mass is 10.1. The van der Waals surface area contributed by atoms with E-state index in [0.717, 1.165) is 12.8 Å². The van der Waals surface area contributed by atoms with Crippen LogP contribution in [0.4, 0.5) is 0 Å². The van der Waals surface area contributed by atoms with Gasteiger partial charge in [0.15, 0.2) is 0 Å². The number of carbonyl (C=O) groups is 2. The van der Waals surface area contributed by atoms with Gasteiger partial charge in [0.05, 0.1) is 13.2 Å². The van der Waals surface area contributed by atoms with Gasteiger partial charge >= 0.3 is 5.97 Å². The quantitative estimate of drug-likeness (QED) is 0.691. The highest BCUT2D eigenvalue weighted by atomic mass is 16.5. The predicted molar refractivity (Wildman–Crippen MR) is 75.8 cm³/mol. The Bertz CT molecular complexity index is 298. The number of unbranched alkanes of at least 4 members (excludes halogenated alkanes) is 1. The van der Waals surface area contributed by atoms with Gasteiger partial charge in [0.1, 0.15) is 6.04 Å². The monoisotopic (exact) mass is 272 g/mol. The zero-order valence-electron chi connectivity index (χ0n) is 13.0. The van der Waals surface area contributed by atoms with Crippen molar-refractivity contribution in [3.05, 3.63) is 0 Å². The molecule has 0 aliphatic heterocycles. The Kier molecular flexibility index (Phi) is 7.68. The number of amides is 1. The van der Waals surface area contributed by atoms with Crippen LogP contribution in [0.3, 0.4) is 0 Å². The summed E-state index contributed by atoms with van der Waals surface area (Å²) in [5.74, 6) is -0.429. The molecule has 0 aromatic heterocycles. The van der Waals surface area contributed by atoms with Crippen LogP contribution in [0.15, 0.2) is 0 Å². The first-order chi connectivity index (χ1) is 8.71. The van der Waals surface area contributed by atoms with E-state index in [9.17, 15) is 9.59 Å². The number of nitrogens with one attached hydrogen (secondary N) is 2. The lowest BCUT2D eigenvalue weighted by Crippen LogP contribution is -2.53. The Morgan fingerprint density at radius 2 is 1.84 bits per heavy atom. The van der Waals surface area contributed by atoms with E-state index in [0.29, 0.717) is 6.42 Å². The Labute approximate surface area is 116 Å². The normalized spacial score (nSPS) is 14.6. The standard InChI is InChI=1S/C14H28N2O3/c1-7-8-9-11(13(18)19-6)15-10(2)12(17)16-14(3,4)5/h10-11,15H,7-9H2,1-6H3,(H,16,17). The van der Waals surface area contributed by atoms with Gasteiger partial charge in [-0.25, -0.2) is 0 Å². The summed E-state index contributed by atoms with van der Waals surface area (Å²) in [5, 5.41) is 5.92. The molecule has 0 aromatic rings. The van der Waals surface area contributed by atoms with E-state index in [1.54, 1.807) is 6.92 Å². The Morgan fingerprint density at radius 1 is 1.26 bits per heavy atom. The molecule has 2 N–H and O–H groups in total. The molecule has 19 heavy (non-hydrogen) atoms. The second-order valence-electron chi connectivity index (χ2n) is 5.85. The van der Waals surface area contributed by atoms with Crippen LogP contribution in [0, 0.1) is 0 Å². The fraction of sp³-hybridized carbons (Fsp3) is 0.857. The van der Waals surface area contributed by atoms with Crippen molar-refractivity contribution in [2.45, 2.75) is 71.5 Å². The van der Waals surface area contributed by atoms with Gasteiger partial charge in [-0.3, -0.25) is 14.9 Å². The average Bonchev–Trinajstić information content (AvgIpc) is 2.30. The molecule has 5 heteroatoms. The first-order valence-electron chi connectivity index (χ1n) is 6.87. The molecule has 0 aliphatic rings. The summed E-state index contributed by atoms with van der Waals surface area (Å²) >= 11 is 0. The average molecular weight is 272 g/mol. The number of ether oxygens (including phenoxy) is 1. The molecule has 2 unspecified atom stereocenters. The van der Waals surface area contributed by atoms with Gasteiger partial charge in [0.25, 0.3) is 0 Å². The minimum atomic E-state index is -0.430. The van der Waals surface area contributed by atoms with Crippen LogP contribution in [0.2, 0.25) is 0 Å². The van der Waals surface area contributed by atoms with Crippen molar-refractivity contribution in [3.8, 4) is 0 Å². The number of esters is 1. The lowest BCUT2D eigenvalue weighted by molar-refractivity contribution is -0.143. The maximum absolute atomic E-state index is 12.0. The van der Waals surface area contributed by atoms with Gasteiger partial charge in [0, 0.05) is 5.54 Å². The van der Waals surface area contributed by atoms with Crippen LogP contribution in [0.1, 0.15) is 53.9 Å². The molecule has 2 atom stereocenters. The molecule has 1 amide bonds. The topological polar surface area (TPSA) is 67.4 Å². The summed E-state index contributed by atoms with van der Waals surface area (Å²) in [6.07, 6.45) is 2.59. The van der Waals surface area contributed by atoms with Crippen molar-refractivity contribution in [3.63, 3.8) is 0 Å². The van der Waals surface area contributed by atoms with Gasteiger partial charge in [0.2, 0.25) is 5.91 Å². The number of rotatable bonds is 7. The summed E-state index contributed by atoms with van der Waals surface area (Å²) in [6, 6.07) is -0.856. The van der Waals surface area contributed by atoms with Gasteiger partial charge in [-0.05, 0) is 34.1 Å². The van der Waals surface area contributed by atoms with Gasteiger partial charge in [-0.15, -0.1) is 0 Å². The fourth-order valence-corrected chi connectivity index (χ4v) is 1.68. The summed E-state index contributed by atoms with van der Waals surface area (Å²) in [6.45, 7) is 9.58. The van der Waals surface area contributed by atoms with E-state index in [2.05, 4.69) is 17.6 Å². The molecule has 0 rings (SSSR count). The second-order valence-corrected chi connectivity index (χ2v) is 5.85. The predicted octanol–water partition coefficient (Wildman–Crippen LogP) is 1.61. The maximum Gasteiger partial charge on any atom is 0.322 e. The highest BCUT2D eigenvalue weighted by Crippen LogP contribution is 2.05. The smallest absolute Gasteiger partial charge is 0.322 e. The minimum absolute atomic E-state index is 0.113. The SMILES string of the molecule is CCCCC(NC(C)C(=O)NC(C)(C)C)C(=O)OC. The van der Waals surface area contributed by atoms with E-state index in [1.807, 2.05) is 20.8 Å². The molecule has 0 radical (unpaired) electrons. The van der Waals surface area contributed by atoms with Crippen molar-refractivity contribution < 1.29 is 14.3 Å². The van der Waals surface area contributed by atoms with Crippen molar-refractivity contribution in [2.75, 3.05) is 7.11 Å². The van der Waals surface area contributed by atoms with Crippen LogP contribution in [0.5, 0.6) is 0 Å². The molecule has 0 saturated carbocycles. The van der Waals surface area contributed by atoms with Crippen molar-refractivity contribution in [1.82, 2.24) is 10.6 Å². The van der Waals surface area contributed by atoms with E-state index in [1.165, 1.54) is 7.11 Å². The summed E-state index contributed by atoms with van der Waals surface area (Å²) < 4.78 is 4.76. The van der Waals surface area contributed by atoms with E-state index in [4.69, 9.17) is 4.74 Å². The Balaban J connectivity index is 4.48. The van der Waals surface area contributed by atoms with E-state index in [-0.39, 0.29) is 17.4 Å². The number of methoxy groups -OCH3 is 1. The number of carbonyl (C=O) groups excluding carboxylic acids is 2. The molecule has 0 aliphatic carbocycles. The summed E-state index contributed by atoms with van der Waals surface area (Å²) in [5.41, 5.74) is -0.281. The van der Waals surface area contributed by atoms with E-state index >= 15 is 0 Å². The van der Waals surface area contributed by atoms with Crippen molar-refractivity contribution in [2.24, 2.45) is 0 Å². The summed E-state index contributed by atoms with van der Waals surface area (Å²) in [7, 11) is 1.36. The zero-order chi connectivity index (χ0) is 15.1. The molecule has 0 fully saturated rings. The molecule has 0 bridgehead atoms. The van der Waals surface area contributed by atoms with E-state index < -0.39 is 12.1 Å². The third-order valence-electron chi connectivity index (χ3n) is 2.67. The Morgan fingerprint density at radius 3 is 2.26 bits per heavy atom. The highest BCUT2D eigenvalue weighted by Gasteiger charge is 2.25. The molecule has 5 nitrogen and oxygen atoms in total. The van der Waals surface area contributed by atoms with Crippen LogP contribution in [0.25, 0.3) is 0 Å². The zero-order valence-corrected chi connectivity index (χ0v) is 13.0. The number of hydrogen-bond acceptors (Lipinski definition) is 4. The molecule has 0 spiro atoms. The maximum atomic E-state index is 12.0. The second kappa shape index (κ2) is 8.15. The van der Waals surface area contributed by atoms with Gasteiger partial charge in [-0.2, -0.15) is 0 Å². The molecular weight excluding hydrogens is 244 g/mol. The third-order valence-corrected chi connectivity index (χ3v) is 2.67. The summed E-state index contributed by atoms with van der Waals surface area (Å²) in [4.78, 5) is 23.6. The first-order valence-corrected chi connectivity index (χ1v) is 6.87. The minimum Gasteiger partial charge on any atom is -0.468 e. The highest BCUT2D eigenvalue weighted by molar-refractivity contribution is 5.83. The first kappa shape index (κ1) is 17.9. The molecule has 0 saturated heterocycles. The van der Waals surface area contributed by atoms with Crippen LogP contribution in [-0.2, 0) is 14.3 Å². The third kappa shape index (κ3) is 7.82. The van der Waals surface area contributed by atoms with Crippen molar-refractivity contribution in [1.29, 1.82) is 0 Å². The fourth-order valence-electron chi connectivity index (χ4n) is 1.68. The molecule has 0 heterocycles. The van der Waals surface area contributed by atoms with Gasteiger partial charge < -0.3 is 10.1 Å². The molecular formula is C14H28N2O3. The van der Waals surface area contributed by atoms with Gasteiger partial charge in [-0.1, -0.05) is 19.8 Å². The lowest BCUT2D eigenvalue weighted by Gasteiger charge is -2.26.